The molecule has 0 spiro atoms. The molecular weight excluding hydrogens is 248 g/mol. The SMILES string of the molecule is CN1C=CC=CC1(Cl)I. The predicted octanol–water partition coefficient (Wildman–Crippen LogP) is 2.33. The molecule has 0 aliphatic carbocycles. The van der Waals surface area contributed by atoms with Crippen molar-refractivity contribution in [3.63, 3.8) is 0 Å². The molecule has 0 saturated heterocycles. The van der Waals surface area contributed by atoms with Crippen LogP contribution in [0, 0.1) is 0 Å². The zero-order valence-electron chi connectivity index (χ0n) is 5.01. The van der Waals surface area contributed by atoms with Crippen molar-refractivity contribution in [3.8, 4) is 0 Å². The fourth-order valence-electron chi connectivity index (χ4n) is 0.567. The third kappa shape index (κ3) is 1.61. The average Bonchev–Trinajstić information content (AvgIpc) is 1.77. The number of hydrogen-bond acceptors (Lipinski definition) is 1. The van der Waals surface area contributed by atoms with Crippen LogP contribution in [0.2, 0.25) is 0 Å². The van der Waals surface area contributed by atoms with Crippen LogP contribution in [-0.2, 0) is 0 Å². The van der Waals surface area contributed by atoms with E-state index in [0.29, 0.717) is 0 Å². The molecule has 1 nitrogen and oxygen atoms in total. The third-order valence-electron chi connectivity index (χ3n) is 1.19. The van der Waals surface area contributed by atoms with Crippen LogP contribution in [0.25, 0.3) is 0 Å². The van der Waals surface area contributed by atoms with Gasteiger partial charge in [0, 0.05) is 13.2 Å². The van der Waals surface area contributed by atoms with Crippen molar-refractivity contribution in [1.29, 1.82) is 0 Å². The first-order valence-electron chi connectivity index (χ1n) is 2.60. The Hall–Kier alpha value is 0.300. The standard InChI is InChI=1S/C6H7ClIN/c1-9-5-3-2-4-6(9,7)8/h2-5H,1H3. The van der Waals surface area contributed by atoms with E-state index in [9.17, 15) is 0 Å². The fourth-order valence-corrected chi connectivity index (χ4v) is 1.06. The molecular formula is C6H7ClIN. The first kappa shape index (κ1) is 7.41. The molecule has 1 atom stereocenters. The molecule has 0 radical (unpaired) electrons. The molecule has 1 heterocycles. The van der Waals surface area contributed by atoms with Crippen molar-refractivity contribution >= 4 is 34.2 Å². The van der Waals surface area contributed by atoms with Gasteiger partial charge in [0.25, 0.3) is 0 Å². The summed E-state index contributed by atoms with van der Waals surface area (Å²) in [5.74, 6) is 0. The van der Waals surface area contributed by atoms with E-state index in [4.69, 9.17) is 11.6 Å². The minimum atomic E-state index is -0.355. The normalized spacial score (nSPS) is 33.4. The fraction of sp³-hybridized carbons (Fsp3) is 0.333. The Kier molecular flexibility index (Phi) is 2.06. The van der Waals surface area contributed by atoms with Gasteiger partial charge in [-0.25, -0.2) is 0 Å². The maximum absolute atomic E-state index is 6.00. The second kappa shape index (κ2) is 2.50. The lowest BCUT2D eigenvalue weighted by atomic mass is 10.4. The zero-order chi connectivity index (χ0) is 6.91. The smallest absolute Gasteiger partial charge is 0.185 e. The Balaban J connectivity index is 2.78. The lowest BCUT2D eigenvalue weighted by Crippen LogP contribution is -2.30. The van der Waals surface area contributed by atoms with E-state index in [-0.39, 0.29) is 3.00 Å². The second-order valence-corrected chi connectivity index (χ2v) is 4.76. The number of hydrogen-bond donors (Lipinski definition) is 0. The summed E-state index contributed by atoms with van der Waals surface area (Å²) in [6, 6.07) is 0. The number of alkyl halides is 2. The summed E-state index contributed by atoms with van der Waals surface area (Å²) in [5, 5.41) is 0. The van der Waals surface area contributed by atoms with Crippen molar-refractivity contribution in [1.82, 2.24) is 4.90 Å². The number of halogens is 2. The van der Waals surface area contributed by atoms with Gasteiger partial charge in [0.2, 0.25) is 0 Å². The molecule has 0 N–H and O–H groups in total. The van der Waals surface area contributed by atoms with Crippen molar-refractivity contribution < 1.29 is 0 Å². The summed E-state index contributed by atoms with van der Waals surface area (Å²) in [5.41, 5.74) is 0. The van der Waals surface area contributed by atoms with Gasteiger partial charge >= 0.3 is 0 Å². The Bertz CT molecular complexity index is 162. The van der Waals surface area contributed by atoms with Gasteiger partial charge in [0.15, 0.2) is 3.00 Å². The third-order valence-corrected chi connectivity index (χ3v) is 2.70. The van der Waals surface area contributed by atoms with Crippen LogP contribution in [0.15, 0.2) is 24.4 Å². The predicted molar refractivity (Wildman–Crippen MR) is 48.6 cm³/mol. The van der Waals surface area contributed by atoms with E-state index in [2.05, 4.69) is 22.6 Å². The lowest BCUT2D eigenvalue weighted by molar-refractivity contribution is 0.452. The molecule has 50 valence electrons. The highest BCUT2D eigenvalue weighted by Gasteiger charge is 2.23. The number of rotatable bonds is 0. The number of nitrogens with zero attached hydrogens (tertiary/aromatic N) is 1. The first-order chi connectivity index (χ1) is 4.13. The Labute approximate surface area is 73.5 Å². The molecule has 0 bridgehead atoms. The second-order valence-electron chi connectivity index (χ2n) is 1.90. The van der Waals surface area contributed by atoms with Crippen molar-refractivity contribution in [3.05, 3.63) is 24.4 Å². The molecule has 0 aromatic rings. The molecule has 0 fully saturated rings. The van der Waals surface area contributed by atoms with Crippen molar-refractivity contribution in [2.45, 2.75) is 3.00 Å². The van der Waals surface area contributed by atoms with E-state index in [1.165, 1.54) is 0 Å². The van der Waals surface area contributed by atoms with Crippen LogP contribution in [0.1, 0.15) is 0 Å². The molecule has 1 unspecified atom stereocenters. The van der Waals surface area contributed by atoms with Gasteiger partial charge in [0.05, 0.1) is 0 Å². The summed E-state index contributed by atoms with van der Waals surface area (Å²) in [6.07, 6.45) is 7.79. The van der Waals surface area contributed by atoms with Gasteiger partial charge in [-0.2, -0.15) is 0 Å². The van der Waals surface area contributed by atoms with Crippen LogP contribution in [0.3, 0.4) is 0 Å². The lowest BCUT2D eigenvalue weighted by Gasteiger charge is -2.28. The van der Waals surface area contributed by atoms with E-state index >= 15 is 0 Å². The highest BCUT2D eigenvalue weighted by atomic mass is 127. The molecule has 0 saturated carbocycles. The maximum atomic E-state index is 6.00. The monoisotopic (exact) mass is 255 g/mol. The minimum Gasteiger partial charge on any atom is -0.351 e. The number of likely N-dealkylation sites (N-methyl/N-ethyl adjacent to an activating group) is 1. The van der Waals surface area contributed by atoms with E-state index in [1.54, 1.807) is 0 Å². The minimum absolute atomic E-state index is 0.355. The number of allylic oxidation sites excluding steroid dienone is 2. The first-order valence-corrected chi connectivity index (χ1v) is 4.05. The molecule has 9 heavy (non-hydrogen) atoms. The molecule has 1 aliphatic rings. The summed E-state index contributed by atoms with van der Waals surface area (Å²) in [6.45, 7) is 0. The van der Waals surface area contributed by atoms with Gasteiger partial charge in [-0.05, 0) is 34.7 Å². The van der Waals surface area contributed by atoms with Gasteiger partial charge in [-0.1, -0.05) is 17.7 Å². The van der Waals surface area contributed by atoms with Gasteiger partial charge < -0.3 is 4.90 Å². The van der Waals surface area contributed by atoms with Gasteiger partial charge in [0.1, 0.15) is 0 Å². The summed E-state index contributed by atoms with van der Waals surface area (Å²) >= 11 is 8.17. The summed E-state index contributed by atoms with van der Waals surface area (Å²) in [4.78, 5) is 1.94. The topological polar surface area (TPSA) is 3.24 Å². The van der Waals surface area contributed by atoms with Crippen LogP contribution >= 0.6 is 34.2 Å². The molecule has 0 aromatic heterocycles. The zero-order valence-corrected chi connectivity index (χ0v) is 7.93. The van der Waals surface area contributed by atoms with E-state index in [1.807, 2.05) is 36.4 Å². The van der Waals surface area contributed by atoms with Crippen LogP contribution in [0.4, 0.5) is 0 Å². The van der Waals surface area contributed by atoms with Crippen LogP contribution in [-0.4, -0.2) is 15.0 Å². The molecule has 1 rings (SSSR count). The maximum Gasteiger partial charge on any atom is 0.185 e. The highest BCUT2D eigenvalue weighted by molar-refractivity contribution is 14.1. The highest BCUT2D eigenvalue weighted by Crippen LogP contribution is 2.31. The van der Waals surface area contributed by atoms with E-state index in [0.717, 1.165) is 0 Å². The molecule has 3 heteroatoms. The Morgan fingerprint density at radius 2 is 2.22 bits per heavy atom. The molecule has 0 aromatic carbocycles. The van der Waals surface area contributed by atoms with E-state index < -0.39 is 0 Å². The Morgan fingerprint density at radius 1 is 1.56 bits per heavy atom. The van der Waals surface area contributed by atoms with Crippen molar-refractivity contribution in [2.24, 2.45) is 0 Å². The largest absolute Gasteiger partial charge is 0.351 e. The Morgan fingerprint density at radius 3 is 2.56 bits per heavy atom. The molecule has 0 amide bonds. The van der Waals surface area contributed by atoms with Crippen LogP contribution < -0.4 is 0 Å². The van der Waals surface area contributed by atoms with Crippen molar-refractivity contribution in [2.75, 3.05) is 7.05 Å². The van der Waals surface area contributed by atoms with Gasteiger partial charge in [-0.3, -0.25) is 0 Å². The van der Waals surface area contributed by atoms with Crippen LogP contribution in [0.5, 0.6) is 0 Å². The van der Waals surface area contributed by atoms with Gasteiger partial charge in [-0.15, -0.1) is 0 Å². The summed E-state index contributed by atoms with van der Waals surface area (Å²) < 4.78 is -0.355. The molecule has 1 aliphatic heterocycles. The average molecular weight is 255 g/mol. The summed E-state index contributed by atoms with van der Waals surface area (Å²) in [7, 11) is 1.94. The quantitative estimate of drug-likeness (QED) is 0.365.